The van der Waals surface area contributed by atoms with Crippen LogP contribution in [0.5, 0.6) is 0 Å². The fraction of sp³-hybridized carbons (Fsp3) is 0.889. The molecule has 0 aromatic rings. The summed E-state index contributed by atoms with van der Waals surface area (Å²) in [6, 6.07) is 0. The molecule has 0 radical (unpaired) electrons. The standard InChI is InChI=1S/C9H16O3/c1-3-8(11-2)9(10)12-6-7-4-5-7/h7-8H,3-6H2,1-2H3. The third kappa shape index (κ3) is 2.81. The summed E-state index contributed by atoms with van der Waals surface area (Å²) in [6.45, 7) is 2.49. The molecule has 0 aromatic heterocycles. The highest BCUT2D eigenvalue weighted by atomic mass is 16.6. The highest BCUT2D eigenvalue weighted by molar-refractivity contribution is 5.74. The van der Waals surface area contributed by atoms with Gasteiger partial charge in [-0.15, -0.1) is 0 Å². The molecule has 0 spiro atoms. The summed E-state index contributed by atoms with van der Waals surface area (Å²) in [5.41, 5.74) is 0. The molecule has 0 aromatic carbocycles. The number of rotatable bonds is 5. The van der Waals surface area contributed by atoms with Gasteiger partial charge in [0.15, 0.2) is 6.10 Å². The monoisotopic (exact) mass is 172 g/mol. The van der Waals surface area contributed by atoms with E-state index in [9.17, 15) is 4.79 Å². The molecule has 3 heteroatoms. The lowest BCUT2D eigenvalue weighted by molar-refractivity contribution is -0.156. The topological polar surface area (TPSA) is 35.5 Å². The zero-order valence-corrected chi connectivity index (χ0v) is 7.71. The van der Waals surface area contributed by atoms with Crippen molar-refractivity contribution in [2.24, 2.45) is 5.92 Å². The number of hydrogen-bond acceptors (Lipinski definition) is 3. The van der Waals surface area contributed by atoms with E-state index in [4.69, 9.17) is 9.47 Å². The first kappa shape index (κ1) is 9.52. The molecule has 1 atom stereocenters. The average molecular weight is 172 g/mol. The van der Waals surface area contributed by atoms with E-state index in [1.807, 2.05) is 6.92 Å². The highest BCUT2D eigenvalue weighted by Gasteiger charge is 2.25. The van der Waals surface area contributed by atoms with Crippen molar-refractivity contribution in [3.05, 3.63) is 0 Å². The fourth-order valence-electron chi connectivity index (χ4n) is 1.01. The Morgan fingerprint density at radius 1 is 1.58 bits per heavy atom. The number of hydrogen-bond donors (Lipinski definition) is 0. The van der Waals surface area contributed by atoms with E-state index >= 15 is 0 Å². The maximum Gasteiger partial charge on any atom is 0.335 e. The lowest BCUT2D eigenvalue weighted by Gasteiger charge is -2.11. The minimum Gasteiger partial charge on any atom is -0.463 e. The van der Waals surface area contributed by atoms with E-state index in [2.05, 4.69) is 0 Å². The molecule has 0 amide bonds. The van der Waals surface area contributed by atoms with Gasteiger partial charge in [0, 0.05) is 7.11 Å². The van der Waals surface area contributed by atoms with Crippen LogP contribution >= 0.6 is 0 Å². The second-order valence-electron chi connectivity index (χ2n) is 3.21. The second-order valence-corrected chi connectivity index (χ2v) is 3.21. The van der Waals surface area contributed by atoms with Crippen molar-refractivity contribution in [3.8, 4) is 0 Å². The van der Waals surface area contributed by atoms with Crippen LogP contribution in [0.1, 0.15) is 26.2 Å². The molecule has 70 valence electrons. The Morgan fingerprint density at radius 2 is 2.25 bits per heavy atom. The summed E-state index contributed by atoms with van der Waals surface area (Å²) in [5, 5.41) is 0. The molecule has 0 N–H and O–H groups in total. The first-order valence-corrected chi connectivity index (χ1v) is 4.47. The van der Waals surface area contributed by atoms with Crippen LogP contribution < -0.4 is 0 Å². The third-order valence-electron chi connectivity index (χ3n) is 2.08. The molecule has 1 aliphatic rings. The van der Waals surface area contributed by atoms with Crippen LogP contribution in [0.3, 0.4) is 0 Å². The van der Waals surface area contributed by atoms with Crippen LogP contribution in [0.4, 0.5) is 0 Å². The van der Waals surface area contributed by atoms with Gasteiger partial charge in [-0.1, -0.05) is 6.92 Å². The predicted octanol–water partition coefficient (Wildman–Crippen LogP) is 1.36. The van der Waals surface area contributed by atoms with Gasteiger partial charge in [0.2, 0.25) is 0 Å². The van der Waals surface area contributed by atoms with Crippen molar-refractivity contribution in [1.29, 1.82) is 0 Å². The van der Waals surface area contributed by atoms with Crippen LogP contribution in [0, 0.1) is 5.92 Å². The molecular formula is C9H16O3. The Kier molecular flexibility index (Phi) is 3.53. The lowest BCUT2D eigenvalue weighted by Crippen LogP contribution is -2.25. The number of methoxy groups -OCH3 is 1. The molecule has 1 fully saturated rings. The molecule has 0 aliphatic heterocycles. The number of esters is 1. The maximum absolute atomic E-state index is 11.2. The third-order valence-corrected chi connectivity index (χ3v) is 2.08. The zero-order valence-electron chi connectivity index (χ0n) is 7.71. The molecule has 1 saturated carbocycles. The van der Waals surface area contributed by atoms with Crippen molar-refractivity contribution < 1.29 is 14.3 Å². The summed E-state index contributed by atoms with van der Waals surface area (Å²) in [5.74, 6) is 0.412. The maximum atomic E-state index is 11.2. The summed E-state index contributed by atoms with van der Waals surface area (Å²) in [4.78, 5) is 11.2. The van der Waals surface area contributed by atoms with Gasteiger partial charge in [0.1, 0.15) is 0 Å². The second kappa shape index (κ2) is 4.45. The van der Waals surface area contributed by atoms with Gasteiger partial charge >= 0.3 is 5.97 Å². The van der Waals surface area contributed by atoms with Gasteiger partial charge in [-0.25, -0.2) is 4.79 Å². The SMILES string of the molecule is CCC(OC)C(=O)OCC1CC1. The molecule has 0 saturated heterocycles. The van der Waals surface area contributed by atoms with Gasteiger partial charge in [-0.05, 0) is 25.2 Å². The molecule has 1 aliphatic carbocycles. The minimum absolute atomic E-state index is 0.216. The van der Waals surface area contributed by atoms with Crippen molar-refractivity contribution in [3.63, 3.8) is 0 Å². The number of carbonyl (C=O) groups excluding carboxylic acids is 1. The quantitative estimate of drug-likeness (QED) is 0.587. The Labute approximate surface area is 73.0 Å². The lowest BCUT2D eigenvalue weighted by atomic mass is 10.3. The molecule has 1 rings (SSSR count). The van der Waals surface area contributed by atoms with Gasteiger partial charge in [0.05, 0.1) is 6.61 Å². The molecular weight excluding hydrogens is 156 g/mol. The van der Waals surface area contributed by atoms with E-state index in [1.165, 1.54) is 20.0 Å². The average Bonchev–Trinajstić information content (AvgIpc) is 2.86. The Balaban J connectivity index is 2.15. The van der Waals surface area contributed by atoms with E-state index in [-0.39, 0.29) is 12.1 Å². The molecule has 0 bridgehead atoms. The molecule has 3 nitrogen and oxygen atoms in total. The van der Waals surface area contributed by atoms with Gasteiger partial charge in [0.25, 0.3) is 0 Å². The molecule has 0 heterocycles. The smallest absolute Gasteiger partial charge is 0.335 e. The van der Waals surface area contributed by atoms with Crippen LogP contribution in [-0.2, 0) is 14.3 Å². The van der Waals surface area contributed by atoms with Crippen LogP contribution in [-0.4, -0.2) is 25.8 Å². The largest absolute Gasteiger partial charge is 0.463 e. The molecule has 1 unspecified atom stereocenters. The first-order valence-electron chi connectivity index (χ1n) is 4.47. The summed E-state index contributed by atoms with van der Waals surface area (Å²) < 4.78 is 9.99. The van der Waals surface area contributed by atoms with Crippen molar-refractivity contribution in [1.82, 2.24) is 0 Å². The van der Waals surface area contributed by atoms with Gasteiger partial charge in [-0.3, -0.25) is 0 Å². The zero-order chi connectivity index (χ0) is 8.97. The van der Waals surface area contributed by atoms with Gasteiger partial charge in [-0.2, -0.15) is 0 Å². The van der Waals surface area contributed by atoms with Gasteiger partial charge < -0.3 is 9.47 Å². The Hall–Kier alpha value is -0.570. The van der Waals surface area contributed by atoms with E-state index < -0.39 is 0 Å². The predicted molar refractivity (Wildman–Crippen MR) is 44.8 cm³/mol. The first-order chi connectivity index (χ1) is 5.77. The highest BCUT2D eigenvalue weighted by Crippen LogP contribution is 2.28. The number of ether oxygens (including phenoxy) is 2. The normalized spacial score (nSPS) is 18.8. The van der Waals surface area contributed by atoms with E-state index in [0.29, 0.717) is 18.9 Å². The summed E-state index contributed by atoms with van der Waals surface area (Å²) >= 11 is 0. The van der Waals surface area contributed by atoms with Crippen molar-refractivity contribution in [2.75, 3.05) is 13.7 Å². The molecule has 12 heavy (non-hydrogen) atoms. The van der Waals surface area contributed by atoms with Crippen LogP contribution in [0.15, 0.2) is 0 Å². The van der Waals surface area contributed by atoms with E-state index in [1.54, 1.807) is 0 Å². The van der Waals surface area contributed by atoms with Crippen molar-refractivity contribution in [2.45, 2.75) is 32.3 Å². The Bertz CT molecular complexity index is 148. The van der Waals surface area contributed by atoms with Crippen molar-refractivity contribution >= 4 is 5.97 Å². The Morgan fingerprint density at radius 3 is 2.67 bits per heavy atom. The minimum atomic E-state index is -0.372. The fourth-order valence-corrected chi connectivity index (χ4v) is 1.01. The summed E-state index contributed by atoms with van der Waals surface area (Å²) in [7, 11) is 1.53. The summed E-state index contributed by atoms with van der Waals surface area (Å²) in [6.07, 6.45) is 2.72. The van der Waals surface area contributed by atoms with E-state index in [0.717, 1.165) is 0 Å². The van der Waals surface area contributed by atoms with Crippen LogP contribution in [0.2, 0.25) is 0 Å². The van der Waals surface area contributed by atoms with Crippen LogP contribution in [0.25, 0.3) is 0 Å². The number of carbonyl (C=O) groups is 1.